The average molecular weight is 581 g/mol. The topological polar surface area (TPSA) is 132 Å². The summed E-state index contributed by atoms with van der Waals surface area (Å²) in [6.07, 6.45) is -5.08. The van der Waals surface area contributed by atoms with E-state index in [-0.39, 0.29) is 12.2 Å². The SMILES string of the molecule is CC#CCn1c(N2CCNCC2)nc2nc(Sc3ccccc3C(=O)OCC)n(C)c(=O)c21.O=C(O)C(F)(F)F. The van der Waals surface area contributed by atoms with Gasteiger partial charge in [0, 0.05) is 38.1 Å². The van der Waals surface area contributed by atoms with Crippen LogP contribution in [-0.4, -0.2) is 75.1 Å². The van der Waals surface area contributed by atoms with Crippen LogP contribution in [0.2, 0.25) is 0 Å². The Bertz CT molecular complexity index is 1500. The predicted octanol–water partition coefficient (Wildman–Crippen LogP) is 2.52. The number of fused-ring (bicyclic) bond motifs is 1. The molecule has 40 heavy (non-hydrogen) atoms. The van der Waals surface area contributed by atoms with Gasteiger partial charge in [0.25, 0.3) is 5.56 Å². The number of nitrogens with one attached hydrogen (secondary N) is 1. The molecular weight excluding hydrogens is 553 g/mol. The van der Waals surface area contributed by atoms with Crippen LogP contribution in [0, 0.1) is 11.8 Å². The van der Waals surface area contributed by atoms with E-state index in [1.54, 1.807) is 33.0 Å². The molecule has 0 aliphatic carbocycles. The number of esters is 1. The van der Waals surface area contributed by atoms with Crippen molar-refractivity contribution < 1.29 is 32.6 Å². The molecule has 15 heteroatoms. The smallest absolute Gasteiger partial charge is 0.475 e. The minimum absolute atomic E-state index is 0.206. The van der Waals surface area contributed by atoms with Crippen molar-refractivity contribution >= 4 is 40.8 Å². The number of nitrogens with zero attached hydrogens (tertiary/aromatic N) is 5. The molecule has 0 unspecified atom stereocenters. The molecule has 0 amide bonds. The molecule has 2 N–H and O–H groups in total. The Hall–Kier alpha value is -4.03. The fraction of sp³-hybridized carbons (Fsp3) is 0.400. The van der Waals surface area contributed by atoms with Gasteiger partial charge in [-0.25, -0.2) is 14.6 Å². The van der Waals surface area contributed by atoms with E-state index in [9.17, 15) is 22.8 Å². The van der Waals surface area contributed by atoms with E-state index in [0.29, 0.717) is 39.3 Å². The molecule has 3 heterocycles. The molecule has 1 saturated heterocycles. The summed E-state index contributed by atoms with van der Waals surface area (Å²) in [5.41, 5.74) is 1.03. The predicted molar refractivity (Wildman–Crippen MR) is 142 cm³/mol. The fourth-order valence-corrected chi connectivity index (χ4v) is 4.62. The van der Waals surface area contributed by atoms with E-state index in [2.05, 4.69) is 22.1 Å². The van der Waals surface area contributed by atoms with Crippen molar-refractivity contribution in [2.45, 2.75) is 36.6 Å². The number of aromatic nitrogens is 4. The first-order valence-corrected chi connectivity index (χ1v) is 12.9. The van der Waals surface area contributed by atoms with E-state index >= 15 is 0 Å². The van der Waals surface area contributed by atoms with Crippen LogP contribution in [0.15, 0.2) is 39.1 Å². The number of anilines is 1. The summed E-state index contributed by atoms with van der Waals surface area (Å²) in [7, 11) is 1.68. The summed E-state index contributed by atoms with van der Waals surface area (Å²) in [5, 5.41) is 10.9. The lowest BCUT2D eigenvalue weighted by molar-refractivity contribution is -0.192. The number of carboxylic acid groups (broad SMARTS) is 1. The highest BCUT2D eigenvalue weighted by Gasteiger charge is 2.38. The molecule has 0 radical (unpaired) electrons. The summed E-state index contributed by atoms with van der Waals surface area (Å²) in [4.78, 5) is 47.0. The van der Waals surface area contributed by atoms with Crippen molar-refractivity contribution in [3.8, 4) is 11.8 Å². The van der Waals surface area contributed by atoms with Crippen LogP contribution in [0.1, 0.15) is 24.2 Å². The van der Waals surface area contributed by atoms with E-state index in [1.165, 1.54) is 16.3 Å². The van der Waals surface area contributed by atoms with Crippen LogP contribution in [0.3, 0.4) is 0 Å². The van der Waals surface area contributed by atoms with Gasteiger partial charge in [-0.15, -0.1) is 5.92 Å². The first-order valence-electron chi connectivity index (χ1n) is 12.1. The van der Waals surface area contributed by atoms with Gasteiger partial charge < -0.3 is 20.1 Å². The first-order chi connectivity index (χ1) is 19.0. The molecule has 11 nitrogen and oxygen atoms in total. The van der Waals surface area contributed by atoms with Crippen LogP contribution in [-0.2, 0) is 23.1 Å². The van der Waals surface area contributed by atoms with Gasteiger partial charge in [-0.1, -0.05) is 29.8 Å². The average Bonchev–Trinajstić information content (AvgIpc) is 3.29. The fourth-order valence-electron chi connectivity index (χ4n) is 3.67. The molecule has 1 aliphatic rings. The highest BCUT2D eigenvalue weighted by Crippen LogP contribution is 2.30. The Kier molecular flexibility index (Phi) is 10.2. The number of imidazole rings is 1. The molecule has 1 aliphatic heterocycles. The number of ether oxygens (including phenoxy) is 1. The van der Waals surface area contributed by atoms with Crippen LogP contribution in [0.25, 0.3) is 11.2 Å². The standard InChI is InChI=1S/C23H26N6O3S.C2HF3O2/c1-4-6-13-29-18-19(25-22(29)28-14-11-24-12-15-28)26-23(27(3)20(18)30)33-17-10-8-7-9-16(17)21(31)32-5-2;3-2(4,5)1(6)7/h7-10,24H,5,11-15H2,1-3H3;(H,6,7). The van der Waals surface area contributed by atoms with Gasteiger partial charge in [0.05, 0.1) is 18.7 Å². The number of halogens is 3. The molecule has 0 atom stereocenters. The second-order valence-corrected chi connectivity index (χ2v) is 9.22. The lowest BCUT2D eigenvalue weighted by Gasteiger charge is -2.28. The lowest BCUT2D eigenvalue weighted by atomic mass is 10.2. The quantitative estimate of drug-likeness (QED) is 0.255. The molecule has 3 aromatic rings. The summed E-state index contributed by atoms with van der Waals surface area (Å²) in [6, 6.07) is 7.14. The second-order valence-electron chi connectivity index (χ2n) is 8.21. The number of alkyl halides is 3. The van der Waals surface area contributed by atoms with Crippen molar-refractivity contribution in [2.75, 3.05) is 37.7 Å². The molecular formula is C25H27F3N6O5S. The van der Waals surface area contributed by atoms with Gasteiger partial charge in [0.15, 0.2) is 16.3 Å². The molecule has 214 valence electrons. The molecule has 1 fully saturated rings. The van der Waals surface area contributed by atoms with Crippen molar-refractivity contribution in [2.24, 2.45) is 7.05 Å². The summed E-state index contributed by atoms with van der Waals surface area (Å²) >= 11 is 1.24. The molecule has 4 rings (SSSR count). The molecule has 1 aromatic carbocycles. The third-order valence-electron chi connectivity index (χ3n) is 5.56. The maximum Gasteiger partial charge on any atom is 0.490 e. The number of benzene rings is 1. The van der Waals surface area contributed by atoms with Gasteiger partial charge in [-0.05, 0) is 26.0 Å². The zero-order valence-corrected chi connectivity index (χ0v) is 22.7. The van der Waals surface area contributed by atoms with Crippen molar-refractivity contribution in [1.29, 1.82) is 0 Å². The third kappa shape index (κ3) is 7.13. The first kappa shape index (κ1) is 30.5. The van der Waals surface area contributed by atoms with Gasteiger partial charge in [-0.3, -0.25) is 13.9 Å². The molecule has 0 bridgehead atoms. The number of hydrogen-bond acceptors (Lipinski definition) is 9. The normalized spacial score (nSPS) is 13.2. The Balaban J connectivity index is 0.000000559. The monoisotopic (exact) mass is 580 g/mol. The van der Waals surface area contributed by atoms with Crippen molar-refractivity contribution in [3.05, 3.63) is 40.2 Å². The maximum atomic E-state index is 13.4. The number of piperazine rings is 1. The highest BCUT2D eigenvalue weighted by atomic mass is 32.2. The van der Waals surface area contributed by atoms with Crippen molar-refractivity contribution in [1.82, 2.24) is 24.4 Å². The van der Waals surface area contributed by atoms with E-state index in [4.69, 9.17) is 24.6 Å². The molecule has 2 aromatic heterocycles. The van der Waals surface area contributed by atoms with Gasteiger partial charge in [0.2, 0.25) is 5.95 Å². The van der Waals surface area contributed by atoms with Gasteiger partial charge in [0.1, 0.15) is 0 Å². The van der Waals surface area contributed by atoms with Crippen LogP contribution < -0.4 is 15.8 Å². The minimum Gasteiger partial charge on any atom is -0.475 e. The number of carboxylic acids is 1. The Morgan fingerprint density at radius 1 is 1.20 bits per heavy atom. The summed E-state index contributed by atoms with van der Waals surface area (Å²) < 4.78 is 40.3. The number of hydrogen-bond donors (Lipinski definition) is 2. The van der Waals surface area contributed by atoms with E-state index < -0.39 is 18.1 Å². The molecule has 0 saturated carbocycles. The molecule has 0 spiro atoms. The Labute approximate surface area is 231 Å². The van der Waals surface area contributed by atoms with Crippen LogP contribution in [0.4, 0.5) is 19.1 Å². The van der Waals surface area contributed by atoms with E-state index in [0.717, 1.165) is 26.2 Å². The zero-order valence-electron chi connectivity index (χ0n) is 21.9. The van der Waals surface area contributed by atoms with Gasteiger partial charge >= 0.3 is 18.1 Å². The summed E-state index contributed by atoms with van der Waals surface area (Å²) in [6.45, 7) is 7.46. The van der Waals surface area contributed by atoms with Crippen LogP contribution in [0.5, 0.6) is 0 Å². The number of carbonyl (C=O) groups is 2. The number of aliphatic carboxylic acids is 1. The third-order valence-corrected chi connectivity index (χ3v) is 6.69. The highest BCUT2D eigenvalue weighted by molar-refractivity contribution is 7.99. The number of carbonyl (C=O) groups excluding carboxylic acids is 1. The largest absolute Gasteiger partial charge is 0.490 e. The second kappa shape index (κ2) is 13.4. The Morgan fingerprint density at radius 2 is 1.85 bits per heavy atom. The van der Waals surface area contributed by atoms with E-state index in [1.807, 2.05) is 16.7 Å². The maximum absolute atomic E-state index is 13.4. The van der Waals surface area contributed by atoms with Crippen molar-refractivity contribution in [3.63, 3.8) is 0 Å². The lowest BCUT2D eigenvalue weighted by Crippen LogP contribution is -2.44. The minimum atomic E-state index is -5.08. The summed E-state index contributed by atoms with van der Waals surface area (Å²) in [5.74, 6) is 3.49. The van der Waals surface area contributed by atoms with Crippen LogP contribution >= 0.6 is 11.8 Å². The zero-order chi connectivity index (χ0) is 29.4. The van der Waals surface area contributed by atoms with Gasteiger partial charge in [-0.2, -0.15) is 18.2 Å². The Morgan fingerprint density at radius 3 is 2.45 bits per heavy atom. The number of rotatable bonds is 6.